The number of anilines is 1. The topological polar surface area (TPSA) is 83.2 Å². The summed E-state index contributed by atoms with van der Waals surface area (Å²) >= 11 is 12.8. The first kappa shape index (κ1) is 16.5. The third-order valence-electron chi connectivity index (χ3n) is 3.55. The highest BCUT2D eigenvalue weighted by Gasteiger charge is 2.21. The second kappa shape index (κ2) is 6.30. The Morgan fingerprint density at radius 2 is 1.62 bits per heavy atom. The number of methoxy groups -OCH3 is 2. The maximum atomic E-state index is 6.40. The highest BCUT2D eigenvalue weighted by molar-refractivity contribution is 6.41. The van der Waals surface area contributed by atoms with Crippen LogP contribution in [0.5, 0.6) is 11.5 Å². The fraction of sp³-hybridized carbons (Fsp3) is 0.188. The summed E-state index contributed by atoms with van der Waals surface area (Å²) in [7, 11) is 3.00. The molecule has 0 atom stereocenters. The van der Waals surface area contributed by atoms with Crippen LogP contribution in [0.25, 0.3) is 22.3 Å². The van der Waals surface area contributed by atoms with E-state index in [1.807, 2.05) is 13.0 Å². The molecule has 0 aliphatic heterocycles. The van der Waals surface area contributed by atoms with Gasteiger partial charge in [-0.05, 0) is 13.0 Å². The Balaban J connectivity index is 2.33. The minimum atomic E-state index is 0.276. The molecule has 0 fully saturated rings. The lowest BCUT2D eigenvalue weighted by atomic mass is 10.1. The van der Waals surface area contributed by atoms with E-state index in [0.717, 1.165) is 5.69 Å². The lowest BCUT2D eigenvalue weighted by Gasteiger charge is -2.14. The van der Waals surface area contributed by atoms with Crippen LogP contribution in [0.1, 0.15) is 5.69 Å². The number of nitrogens with zero attached hydrogens (tertiary/aromatic N) is 3. The van der Waals surface area contributed by atoms with Gasteiger partial charge in [0.2, 0.25) is 0 Å². The molecule has 24 heavy (non-hydrogen) atoms. The predicted octanol–water partition coefficient (Wildman–Crippen LogP) is 3.91. The van der Waals surface area contributed by atoms with Gasteiger partial charge < -0.3 is 15.2 Å². The lowest BCUT2D eigenvalue weighted by Crippen LogP contribution is -2.01. The fourth-order valence-electron chi connectivity index (χ4n) is 2.35. The van der Waals surface area contributed by atoms with E-state index in [1.54, 1.807) is 12.3 Å². The van der Waals surface area contributed by atoms with Gasteiger partial charge in [0.1, 0.15) is 17.3 Å². The first-order valence-electron chi connectivity index (χ1n) is 6.96. The third kappa shape index (κ3) is 2.68. The van der Waals surface area contributed by atoms with E-state index >= 15 is 0 Å². The number of pyridine rings is 1. The van der Waals surface area contributed by atoms with Gasteiger partial charge in [-0.15, -0.1) is 0 Å². The highest BCUT2D eigenvalue weighted by Crippen LogP contribution is 2.45. The smallest absolute Gasteiger partial charge is 0.165 e. The van der Waals surface area contributed by atoms with E-state index in [0.29, 0.717) is 33.8 Å². The zero-order chi connectivity index (χ0) is 17.4. The Morgan fingerprint density at radius 3 is 2.21 bits per heavy atom. The van der Waals surface area contributed by atoms with Gasteiger partial charge in [0.15, 0.2) is 5.82 Å². The Kier molecular flexibility index (Phi) is 4.34. The molecule has 2 heterocycles. The monoisotopic (exact) mass is 364 g/mol. The molecule has 0 amide bonds. The van der Waals surface area contributed by atoms with E-state index < -0.39 is 0 Å². The maximum Gasteiger partial charge on any atom is 0.165 e. The second-order valence-electron chi connectivity index (χ2n) is 5.06. The quantitative estimate of drug-likeness (QED) is 0.758. The number of fused-ring (bicyclic) bond motifs is 1. The van der Waals surface area contributed by atoms with Crippen LogP contribution in [-0.2, 0) is 0 Å². The van der Waals surface area contributed by atoms with Crippen LogP contribution in [0, 0.1) is 6.92 Å². The summed E-state index contributed by atoms with van der Waals surface area (Å²) in [5.74, 6) is 1.39. The van der Waals surface area contributed by atoms with Crippen molar-refractivity contribution >= 4 is 39.9 Å². The summed E-state index contributed by atoms with van der Waals surface area (Å²) in [5, 5.41) is 1.28. The number of benzene rings is 1. The van der Waals surface area contributed by atoms with E-state index in [9.17, 15) is 0 Å². The molecule has 0 unspecified atom stereocenters. The summed E-state index contributed by atoms with van der Waals surface area (Å²) < 4.78 is 10.5. The minimum absolute atomic E-state index is 0.276. The zero-order valence-corrected chi connectivity index (χ0v) is 14.7. The standard InChI is InChI=1S/C16H14Cl2N4O2/c1-7-4-8-9(6-20-7)21-16(22-15(8)19)12-13(17)10(23-2)5-11(24-3)14(12)18/h4-6H,1-3H3,(H2,19,21,22). The summed E-state index contributed by atoms with van der Waals surface area (Å²) in [5.41, 5.74) is 7.89. The van der Waals surface area contributed by atoms with E-state index in [-0.39, 0.29) is 15.9 Å². The average molecular weight is 365 g/mol. The van der Waals surface area contributed by atoms with Gasteiger partial charge in [0.05, 0.1) is 41.5 Å². The Labute approximate surface area is 148 Å². The van der Waals surface area contributed by atoms with Crippen LogP contribution in [0.2, 0.25) is 10.0 Å². The number of ether oxygens (including phenoxy) is 2. The number of hydrogen-bond donors (Lipinski definition) is 1. The van der Waals surface area contributed by atoms with Gasteiger partial charge in [0.25, 0.3) is 0 Å². The number of aryl methyl sites for hydroxylation is 1. The maximum absolute atomic E-state index is 6.40. The van der Waals surface area contributed by atoms with Crippen molar-refractivity contribution in [3.05, 3.63) is 34.1 Å². The molecule has 0 aliphatic carbocycles. The average Bonchev–Trinajstić information content (AvgIpc) is 2.56. The molecular formula is C16H14Cl2N4O2. The van der Waals surface area contributed by atoms with Crippen LogP contribution in [0.4, 0.5) is 5.82 Å². The molecule has 3 aromatic rings. The number of nitrogens with two attached hydrogens (primary N) is 1. The molecule has 6 nitrogen and oxygen atoms in total. The third-order valence-corrected chi connectivity index (χ3v) is 4.30. The summed E-state index contributed by atoms with van der Waals surface area (Å²) in [6, 6.07) is 3.42. The van der Waals surface area contributed by atoms with Gasteiger partial charge in [-0.2, -0.15) is 0 Å². The number of aromatic nitrogens is 3. The van der Waals surface area contributed by atoms with Crippen LogP contribution in [-0.4, -0.2) is 29.2 Å². The molecule has 8 heteroatoms. The summed E-state index contributed by atoms with van der Waals surface area (Å²) in [6.45, 7) is 1.87. The van der Waals surface area contributed by atoms with Crippen molar-refractivity contribution in [1.29, 1.82) is 0 Å². The molecule has 0 aliphatic rings. The van der Waals surface area contributed by atoms with Gasteiger partial charge >= 0.3 is 0 Å². The normalized spacial score (nSPS) is 10.9. The molecular weight excluding hydrogens is 351 g/mol. The molecule has 124 valence electrons. The van der Waals surface area contributed by atoms with Crippen molar-refractivity contribution in [3.63, 3.8) is 0 Å². The van der Waals surface area contributed by atoms with E-state index in [1.165, 1.54) is 14.2 Å². The van der Waals surface area contributed by atoms with Crippen molar-refractivity contribution in [2.75, 3.05) is 20.0 Å². The van der Waals surface area contributed by atoms with Crippen molar-refractivity contribution < 1.29 is 9.47 Å². The second-order valence-corrected chi connectivity index (χ2v) is 5.82. The molecule has 2 aromatic heterocycles. The molecule has 0 spiro atoms. The van der Waals surface area contributed by atoms with Crippen molar-refractivity contribution in [2.24, 2.45) is 0 Å². The minimum Gasteiger partial charge on any atom is -0.495 e. The van der Waals surface area contributed by atoms with Crippen molar-refractivity contribution in [3.8, 4) is 22.9 Å². The molecule has 3 rings (SSSR count). The molecule has 1 aromatic carbocycles. The Hall–Kier alpha value is -2.31. The molecule has 0 saturated carbocycles. The predicted molar refractivity (Wildman–Crippen MR) is 95.0 cm³/mol. The fourth-order valence-corrected chi connectivity index (χ4v) is 3.02. The van der Waals surface area contributed by atoms with Gasteiger partial charge in [-0.3, -0.25) is 4.98 Å². The largest absolute Gasteiger partial charge is 0.495 e. The number of nitrogen functional groups attached to an aromatic ring is 1. The Morgan fingerprint density at radius 1 is 1.00 bits per heavy atom. The van der Waals surface area contributed by atoms with E-state index in [4.69, 9.17) is 38.4 Å². The van der Waals surface area contributed by atoms with Crippen LogP contribution >= 0.6 is 23.2 Å². The molecule has 2 N–H and O–H groups in total. The lowest BCUT2D eigenvalue weighted by molar-refractivity contribution is 0.395. The van der Waals surface area contributed by atoms with Crippen molar-refractivity contribution in [2.45, 2.75) is 6.92 Å². The van der Waals surface area contributed by atoms with Gasteiger partial charge in [0, 0.05) is 17.1 Å². The molecule has 0 saturated heterocycles. The Bertz CT molecular complexity index is 919. The summed E-state index contributed by atoms with van der Waals surface area (Å²) in [4.78, 5) is 13.1. The number of rotatable bonds is 3. The number of halogens is 2. The first-order chi connectivity index (χ1) is 11.5. The van der Waals surface area contributed by atoms with Crippen molar-refractivity contribution in [1.82, 2.24) is 15.0 Å². The van der Waals surface area contributed by atoms with Crippen LogP contribution < -0.4 is 15.2 Å². The first-order valence-corrected chi connectivity index (χ1v) is 7.72. The molecule has 0 bridgehead atoms. The number of hydrogen-bond acceptors (Lipinski definition) is 6. The van der Waals surface area contributed by atoms with Gasteiger partial charge in [-0.25, -0.2) is 9.97 Å². The summed E-state index contributed by atoms with van der Waals surface area (Å²) in [6.07, 6.45) is 1.63. The highest BCUT2D eigenvalue weighted by atomic mass is 35.5. The van der Waals surface area contributed by atoms with Gasteiger partial charge in [-0.1, -0.05) is 23.2 Å². The zero-order valence-electron chi connectivity index (χ0n) is 13.2. The molecule has 0 radical (unpaired) electrons. The SMILES string of the molecule is COc1cc(OC)c(Cl)c(-c2nc(N)c3cc(C)ncc3n2)c1Cl. The van der Waals surface area contributed by atoms with Crippen LogP contribution in [0.3, 0.4) is 0 Å². The van der Waals surface area contributed by atoms with E-state index in [2.05, 4.69) is 15.0 Å². The van der Waals surface area contributed by atoms with Crippen LogP contribution in [0.15, 0.2) is 18.3 Å².